The van der Waals surface area contributed by atoms with Crippen molar-refractivity contribution in [3.63, 3.8) is 0 Å². The third-order valence-electron chi connectivity index (χ3n) is 5.24. The molecule has 0 aliphatic heterocycles. The number of hydrogen-bond acceptors (Lipinski definition) is 4. The molecule has 0 amide bonds. The minimum absolute atomic E-state index is 0.0873. The lowest BCUT2D eigenvalue weighted by atomic mass is 10.1. The molecule has 0 saturated carbocycles. The van der Waals surface area contributed by atoms with Crippen LogP contribution in [0, 0.1) is 13.8 Å². The highest BCUT2D eigenvalue weighted by Gasteiger charge is 2.12. The molecule has 0 saturated heterocycles. The van der Waals surface area contributed by atoms with Crippen LogP contribution >= 0.6 is 11.6 Å². The van der Waals surface area contributed by atoms with Gasteiger partial charge in [-0.1, -0.05) is 41.4 Å². The maximum Gasteiger partial charge on any atom is 0.261 e. The number of halogens is 1. The van der Waals surface area contributed by atoms with Crippen LogP contribution in [-0.4, -0.2) is 29.4 Å². The molecule has 164 valence electrons. The molecule has 0 radical (unpaired) electrons. The summed E-state index contributed by atoms with van der Waals surface area (Å²) in [6.45, 7) is 5.72. The van der Waals surface area contributed by atoms with Crippen molar-refractivity contribution >= 4 is 22.5 Å². The first-order valence-corrected chi connectivity index (χ1v) is 10.9. The smallest absolute Gasteiger partial charge is 0.261 e. The van der Waals surface area contributed by atoms with Gasteiger partial charge < -0.3 is 9.47 Å². The highest BCUT2D eigenvalue weighted by Crippen LogP contribution is 2.21. The Kier molecular flexibility index (Phi) is 6.88. The minimum atomic E-state index is -0.0873. The SMILES string of the molecule is Cc1ccc(OCCOCCn2c(-c3ccc(Cl)cc3)nc3ccccc3c2=O)c(C)c1. The van der Waals surface area contributed by atoms with Gasteiger partial charge in [-0.05, 0) is 61.9 Å². The van der Waals surface area contributed by atoms with Gasteiger partial charge in [0, 0.05) is 10.6 Å². The molecule has 0 spiro atoms. The van der Waals surface area contributed by atoms with E-state index in [1.54, 1.807) is 22.8 Å². The minimum Gasteiger partial charge on any atom is -0.491 e. The Morgan fingerprint density at radius 3 is 2.50 bits per heavy atom. The van der Waals surface area contributed by atoms with E-state index < -0.39 is 0 Å². The standard InChI is InChI=1S/C26H25ClN2O3/c1-18-7-12-24(19(2)17-18)32-16-15-31-14-13-29-25(20-8-10-21(27)11-9-20)28-23-6-4-3-5-22(23)26(29)30/h3-12,17H,13-16H2,1-2H3. The summed E-state index contributed by atoms with van der Waals surface area (Å²) in [5.74, 6) is 1.46. The first kappa shape index (κ1) is 22.1. The summed E-state index contributed by atoms with van der Waals surface area (Å²) in [6, 6.07) is 20.8. The van der Waals surface area contributed by atoms with Crippen molar-refractivity contribution in [1.82, 2.24) is 9.55 Å². The van der Waals surface area contributed by atoms with Crippen LogP contribution in [0.4, 0.5) is 0 Å². The molecule has 32 heavy (non-hydrogen) atoms. The van der Waals surface area contributed by atoms with Crippen molar-refractivity contribution in [3.8, 4) is 17.1 Å². The molecule has 3 aromatic carbocycles. The van der Waals surface area contributed by atoms with Crippen LogP contribution in [-0.2, 0) is 11.3 Å². The Labute approximate surface area is 192 Å². The molecular formula is C26H25ClN2O3. The summed E-state index contributed by atoms with van der Waals surface area (Å²) >= 11 is 6.04. The van der Waals surface area contributed by atoms with Crippen molar-refractivity contribution < 1.29 is 9.47 Å². The van der Waals surface area contributed by atoms with E-state index in [4.69, 9.17) is 26.1 Å². The summed E-state index contributed by atoms with van der Waals surface area (Å²) in [7, 11) is 0. The van der Waals surface area contributed by atoms with Crippen molar-refractivity contribution in [3.05, 3.63) is 93.2 Å². The van der Waals surface area contributed by atoms with Crippen molar-refractivity contribution in [2.24, 2.45) is 0 Å². The molecular weight excluding hydrogens is 424 g/mol. The fourth-order valence-electron chi connectivity index (χ4n) is 3.62. The number of hydrogen-bond donors (Lipinski definition) is 0. The van der Waals surface area contributed by atoms with Crippen LogP contribution in [0.2, 0.25) is 5.02 Å². The molecule has 6 heteroatoms. The monoisotopic (exact) mass is 448 g/mol. The average Bonchev–Trinajstić information content (AvgIpc) is 2.79. The van der Waals surface area contributed by atoms with E-state index in [9.17, 15) is 4.79 Å². The van der Waals surface area contributed by atoms with E-state index in [-0.39, 0.29) is 5.56 Å². The topological polar surface area (TPSA) is 53.4 Å². The zero-order chi connectivity index (χ0) is 22.5. The Hall–Kier alpha value is -3.15. The van der Waals surface area contributed by atoms with E-state index in [1.165, 1.54) is 5.56 Å². The number of para-hydroxylation sites is 1. The van der Waals surface area contributed by atoms with Gasteiger partial charge in [0.1, 0.15) is 18.2 Å². The molecule has 0 N–H and O–H groups in total. The van der Waals surface area contributed by atoms with Gasteiger partial charge in [-0.25, -0.2) is 4.98 Å². The average molecular weight is 449 g/mol. The molecule has 1 aromatic heterocycles. The van der Waals surface area contributed by atoms with Crippen LogP contribution in [0.3, 0.4) is 0 Å². The summed E-state index contributed by atoms with van der Waals surface area (Å²) in [5.41, 5.74) is 3.72. The van der Waals surface area contributed by atoms with E-state index in [0.717, 1.165) is 16.9 Å². The van der Waals surface area contributed by atoms with Crippen LogP contribution in [0.1, 0.15) is 11.1 Å². The molecule has 1 heterocycles. The Morgan fingerprint density at radius 1 is 0.938 bits per heavy atom. The number of ether oxygens (including phenoxy) is 2. The van der Waals surface area contributed by atoms with Gasteiger partial charge in [0.2, 0.25) is 0 Å². The number of aryl methyl sites for hydroxylation is 2. The number of aromatic nitrogens is 2. The van der Waals surface area contributed by atoms with E-state index in [0.29, 0.717) is 48.1 Å². The highest BCUT2D eigenvalue weighted by atomic mass is 35.5. The number of rotatable bonds is 8. The lowest BCUT2D eigenvalue weighted by Gasteiger charge is -2.14. The van der Waals surface area contributed by atoms with Crippen LogP contribution < -0.4 is 10.3 Å². The predicted octanol–water partition coefficient (Wildman–Crippen LogP) is 5.43. The van der Waals surface area contributed by atoms with Gasteiger partial charge in [-0.2, -0.15) is 0 Å². The maximum absolute atomic E-state index is 13.2. The van der Waals surface area contributed by atoms with Gasteiger partial charge >= 0.3 is 0 Å². The summed E-state index contributed by atoms with van der Waals surface area (Å²) in [4.78, 5) is 17.9. The van der Waals surface area contributed by atoms with Crippen LogP contribution in [0.5, 0.6) is 5.75 Å². The fourth-order valence-corrected chi connectivity index (χ4v) is 3.75. The normalized spacial score (nSPS) is 11.1. The van der Waals surface area contributed by atoms with Crippen molar-refractivity contribution in [1.29, 1.82) is 0 Å². The van der Waals surface area contributed by atoms with Crippen molar-refractivity contribution in [2.75, 3.05) is 19.8 Å². The fraction of sp³-hybridized carbons (Fsp3) is 0.231. The Balaban J connectivity index is 1.46. The summed E-state index contributed by atoms with van der Waals surface area (Å²) in [5, 5.41) is 1.22. The summed E-state index contributed by atoms with van der Waals surface area (Å²) in [6.07, 6.45) is 0. The second-order valence-corrected chi connectivity index (χ2v) is 8.08. The second kappa shape index (κ2) is 9.98. The summed E-state index contributed by atoms with van der Waals surface area (Å²) < 4.78 is 13.2. The van der Waals surface area contributed by atoms with Gasteiger partial charge in [-0.3, -0.25) is 9.36 Å². The highest BCUT2D eigenvalue weighted by molar-refractivity contribution is 6.30. The van der Waals surface area contributed by atoms with Gasteiger partial charge in [0.05, 0.1) is 30.7 Å². The molecule has 0 fully saturated rings. The van der Waals surface area contributed by atoms with Crippen LogP contribution in [0.15, 0.2) is 71.5 Å². The van der Waals surface area contributed by atoms with Crippen LogP contribution in [0.25, 0.3) is 22.3 Å². The molecule has 0 atom stereocenters. The molecule has 4 aromatic rings. The molecule has 0 aliphatic rings. The zero-order valence-electron chi connectivity index (χ0n) is 18.2. The molecule has 0 unspecified atom stereocenters. The van der Waals surface area contributed by atoms with E-state index in [2.05, 4.69) is 13.0 Å². The first-order chi connectivity index (χ1) is 15.5. The van der Waals surface area contributed by atoms with E-state index >= 15 is 0 Å². The lowest BCUT2D eigenvalue weighted by Crippen LogP contribution is -2.26. The predicted molar refractivity (Wildman–Crippen MR) is 129 cm³/mol. The first-order valence-electron chi connectivity index (χ1n) is 10.6. The third-order valence-corrected chi connectivity index (χ3v) is 5.49. The van der Waals surface area contributed by atoms with Gasteiger partial charge in [0.15, 0.2) is 0 Å². The lowest BCUT2D eigenvalue weighted by molar-refractivity contribution is 0.0938. The van der Waals surface area contributed by atoms with Crippen molar-refractivity contribution in [2.45, 2.75) is 20.4 Å². The third kappa shape index (κ3) is 5.01. The number of benzene rings is 3. The van der Waals surface area contributed by atoms with Gasteiger partial charge in [0.25, 0.3) is 5.56 Å². The Morgan fingerprint density at radius 2 is 1.72 bits per heavy atom. The maximum atomic E-state index is 13.2. The molecule has 5 nitrogen and oxygen atoms in total. The quantitative estimate of drug-likeness (QED) is 0.337. The second-order valence-electron chi connectivity index (χ2n) is 7.65. The largest absolute Gasteiger partial charge is 0.491 e. The molecule has 4 rings (SSSR count). The number of nitrogens with zero attached hydrogens (tertiary/aromatic N) is 2. The van der Waals surface area contributed by atoms with E-state index in [1.807, 2.05) is 49.4 Å². The number of fused-ring (bicyclic) bond motifs is 1. The van der Waals surface area contributed by atoms with Gasteiger partial charge in [-0.15, -0.1) is 0 Å². The zero-order valence-corrected chi connectivity index (χ0v) is 18.9. The Bertz CT molecular complexity index is 1280. The molecule has 0 aliphatic carbocycles. The molecule has 0 bridgehead atoms.